The van der Waals surface area contributed by atoms with Crippen LogP contribution in [0.2, 0.25) is 0 Å². The standard InChI is InChI=1S/C9H11N5O2/c1-9(2,3)5-4-10-8-11-12-13-14(8)6(5)7(15)16/h4H,1-3H3,(H,15,16). The maximum absolute atomic E-state index is 11.2. The molecular formula is C9H11N5O2. The Labute approximate surface area is 91.1 Å². The number of carboxylic acids is 1. The summed E-state index contributed by atoms with van der Waals surface area (Å²) in [6, 6.07) is 0. The predicted octanol–water partition coefficient (Wildman–Crippen LogP) is 0.515. The Morgan fingerprint density at radius 2 is 2.12 bits per heavy atom. The first-order valence-corrected chi connectivity index (χ1v) is 4.72. The van der Waals surface area contributed by atoms with Crippen molar-refractivity contribution in [2.75, 3.05) is 0 Å². The molecule has 2 heterocycles. The second kappa shape index (κ2) is 3.22. The van der Waals surface area contributed by atoms with Crippen molar-refractivity contribution >= 4 is 11.7 Å². The Morgan fingerprint density at radius 3 is 2.69 bits per heavy atom. The summed E-state index contributed by atoms with van der Waals surface area (Å²) < 4.78 is 1.14. The molecule has 0 aliphatic heterocycles. The summed E-state index contributed by atoms with van der Waals surface area (Å²) >= 11 is 0. The Bertz CT molecular complexity index is 555. The summed E-state index contributed by atoms with van der Waals surface area (Å²) in [5.74, 6) is -0.880. The van der Waals surface area contributed by atoms with Crippen molar-refractivity contribution in [3.05, 3.63) is 17.5 Å². The lowest BCUT2D eigenvalue weighted by Gasteiger charge is -2.20. The van der Waals surface area contributed by atoms with Gasteiger partial charge in [0.25, 0.3) is 5.78 Å². The fourth-order valence-electron chi connectivity index (χ4n) is 1.46. The van der Waals surface area contributed by atoms with E-state index in [2.05, 4.69) is 20.5 Å². The largest absolute Gasteiger partial charge is 0.476 e. The number of nitrogens with zero attached hydrogens (tertiary/aromatic N) is 5. The first kappa shape index (κ1) is 10.5. The number of aromatic nitrogens is 5. The van der Waals surface area contributed by atoms with Crippen LogP contribution in [0.1, 0.15) is 36.8 Å². The maximum Gasteiger partial charge on any atom is 0.355 e. The van der Waals surface area contributed by atoms with E-state index in [0.717, 1.165) is 4.52 Å². The number of rotatable bonds is 1. The van der Waals surface area contributed by atoms with Crippen molar-refractivity contribution in [1.29, 1.82) is 0 Å². The van der Waals surface area contributed by atoms with Crippen LogP contribution in [0.5, 0.6) is 0 Å². The summed E-state index contributed by atoms with van der Waals surface area (Å²) in [7, 11) is 0. The quantitative estimate of drug-likeness (QED) is 0.754. The van der Waals surface area contributed by atoms with Crippen molar-refractivity contribution < 1.29 is 9.90 Å². The highest BCUT2D eigenvalue weighted by Gasteiger charge is 2.25. The second-order valence-corrected chi connectivity index (χ2v) is 4.47. The fourth-order valence-corrected chi connectivity index (χ4v) is 1.46. The molecule has 1 N–H and O–H groups in total. The highest BCUT2D eigenvalue weighted by Crippen LogP contribution is 2.24. The molecular weight excluding hydrogens is 210 g/mol. The van der Waals surface area contributed by atoms with Crippen LogP contribution in [0.25, 0.3) is 5.78 Å². The molecule has 7 heteroatoms. The molecule has 16 heavy (non-hydrogen) atoms. The van der Waals surface area contributed by atoms with Gasteiger partial charge in [0, 0.05) is 11.8 Å². The molecule has 0 aliphatic rings. The number of hydrogen-bond donors (Lipinski definition) is 1. The third kappa shape index (κ3) is 1.50. The molecule has 0 saturated carbocycles. The van der Waals surface area contributed by atoms with E-state index in [0.29, 0.717) is 5.56 Å². The van der Waals surface area contributed by atoms with E-state index < -0.39 is 5.97 Å². The van der Waals surface area contributed by atoms with E-state index in [1.165, 1.54) is 6.20 Å². The number of carbonyl (C=O) groups is 1. The van der Waals surface area contributed by atoms with Crippen LogP contribution < -0.4 is 0 Å². The number of hydrogen-bond acceptors (Lipinski definition) is 5. The highest BCUT2D eigenvalue weighted by molar-refractivity contribution is 5.88. The topological polar surface area (TPSA) is 93.3 Å². The molecule has 7 nitrogen and oxygen atoms in total. The van der Waals surface area contributed by atoms with Crippen molar-refractivity contribution in [3.8, 4) is 0 Å². The van der Waals surface area contributed by atoms with Gasteiger partial charge >= 0.3 is 5.97 Å². The normalized spacial score (nSPS) is 11.9. The molecule has 0 radical (unpaired) electrons. The molecule has 0 atom stereocenters. The van der Waals surface area contributed by atoms with Gasteiger partial charge in [-0.15, -0.1) is 0 Å². The van der Waals surface area contributed by atoms with E-state index in [4.69, 9.17) is 0 Å². The summed E-state index contributed by atoms with van der Waals surface area (Å²) in [5.41, 5.74) is 0.322. The lowest BCUT2D eigenvalue weighted by atomic mass is 9.87. The van der Waals surface area contributed by atoms with Gasteiger partial charge in [-0.3, -0.25) is 0 Å². The van der Waals surface area contributed by atoms with Crippen molar-refractivity contribution in [3.63, 3.8) is 0 Å². The lowest BCUT2D eigenvalue weighted by Crippen LogP contribution is -2.21. The summed E-state index contributed by atoms with van der Waals surface area (Å²) in [5, 5.41) is 19.8. The highest BCUT2D eigenvalue weighted by atomic mass is 16.4. The molecule has 0 saturated heterocycles. The van der Waals surface area contributed by atoms with Crippen LogP contribution in [-0.4, -0.2) is 36.1 Å². The minimum Gasteiger partial charge on any atom is -0.476 e. The van der Waals surface area contributed by atoms with Gasteiger partial charge in [-0.05, 0) is 15.8 Å². The average Bonchev–Trinajstić information content (AvgIpc) is 2.61. The average molecular weight is 221 g/mol. The predicted molar refractivity (Wildman–Crippen MR) is 54.2 cm³/mol. The summed E-state index contributed by atoms with van der Waals surface area (Å²) in [6.45, 7) is 5.73. The zero-order valence-corrected chi connectivity index (χ0v) is 9.17. The van der Waals surface area contributed by atoms with Crippen LogP contribution >= 0.6 is 0 Å². The van der Waals surface area contributed by atoms with Crippen molar-refractivity contribution in [2.45, 2.75) is 26.2 Å². The molecule has 0 fully saturated rings. The Kier molecular flexibility index (Phi) is 2.11. The molecule has 0 spiro atoms. The molecule has 0 amide bonds. The van der Waals surface area contributed by atoms with Crippen molar-refractivity contribution in [2.24, 2.45) is 0 Å². The maximum atomic E-state index is 11.2. The molecule has 0 aliphatic carbocycles. The van der Waals surface area contributed by atoms with E-state index in [-0.39, 0.29) is 16.9 Å². The zero-order chi connectivity index (χ0) is 11.9. The van der Waals surface area contributed by atoms with Crippen LogP contribution in [0, 0.1) is 0 Å². The summed E-state index contributed by atoms with van der Waals surface area (Å²) in [6.07, 6.45) is 1.51. The van der Waals surface area contributed by atoms with Gasteiger partial charge in [-0.2, -0.15) is 4.52 Å². The number of aromatic carboxylic acids is 1. The lowest BCUT2D eigenvalue weighted by molar-refractivity contribution is 0.0683. The second-order valence-electron chi connectivity index (χ2n) is 4.47. The van der Waals surface area contributed by atoms with Crippen molar-refractivity contribution in [1.82, 2.24) is 25.0 Å². The van der Waals surface area contributed by atoms with E-state index in [1.54, 1.807) is 0 Å². The molecule has 2 rings (SSSR count). The third-order valence-corrected chi connectivity index (χ3v) is 2.24. The smallest absolute Gasteiger partial charge is 0.355 e. The first-order chi connectivity index (χ1) is 7.41. The van der Waals surface area contributed by atoms with Crippen LogP contribution in [0.4, 0.5) is 0 Å². The SMILES string of the molecule is CC(C)(C)c1cnc2nnnn2c1C(=O)O. The summed E-state index contributed by atoms with van der Waals surface area (Å²) in [4.78, 5) is 15.3. The molecule has 0 aromatic carbocycles. The van der Waals surface area contributed by atoms with Crippen LogP contribution in [0.15, 0.2) is 6.20 Å². The monoisotopic (exact) mass is 221 g/mol. The third-order valence-electron chi connectivity index (χ3n) is 2.24. The molecule has 2 aromatic heterocycles. The Balaban J connectivity index is 2.84. The van der Waals surface area contributed by atoms with Gasteiger partial charge in [0.1, 0.15) is 0 Å². The number of fused-ring (bicyclic) bond motifs is 1. The molecule has 2 aromatic rings. The van der Waals surface area contributed by atoms with Gasteiger partial charge in [-0.25, -0.2) is 9.78 Å². The Morgan fingerprint density at radius 1 is 1.44 bits per heavy atom. The van der Waals surface area contributed by atoms with Gasteiger partial charge in [-0.1, -0.05) is 25.9 Å². The van der Waals surface area contributed by atoms with Gasteiger partial charge in [0.2, 0.25) is 0 Å². The molecule has 0 unspecified atom stereocenters. The van der Waals surface area contributed by atoms with Gasteiger partial charge in [0.15, 0.2) is 5.69 Å². The van der Waals surface area contributed by atoms with E-state index in [9.17, 15) is 9.90 Å². The molecule has 84 valence electrons. The van der Waals surface area contributed by atoms with Crippen LogP contribution in [-0.2, 0) is 5.41 Å². The number of carboxylic acid groups (broad SMARTS) is 1. The van der Waals surface area contributed by atoms with Gasteiger partial charge < -0.3 is 5.11 Å². The fraction of sp³-hybridized carbons (Fsp3) is 0.444. The minimum absolute atomic E-state index is 0.0579. The van der Waals surface area contributed by atoms with E-state index >= 15 is 0 Å². The van der Waals surface area contributed by atoms with Crippen LogP contribution in [0.3, 0.4) is 0 Å². The minimum atomic E-state index is -1.07. The van der Waals surface area contributed by atoms with Gasteiger partial charge in [0.05, 0.1) is 0 Å². The number of tetrazole rings is 1. The van der Waals surface area contributed by atoms with E-state index in [1.807, 2.05) is 20.8 Å². The molecule has 0 bridgehead atoms. The zero-order valence-electron chi connectivity index (χ0n) is 9.17. The Hall–Kier alpha value is -2.05. The first-order valence-electron chi connectivity index (χ1n) is 4.72.